The minimum Gasteiger partial charge on any atom is -0.480 e. The molecule has 0 fully saturated rings. The Hall–Kier alpha value is -1.87. The molecule has 1 aromatic rings. The van der Waals surface area contributed by atoms with Gasteiger partial charge in [-0.25, -0.2) is 0 Å². The first kappa shape index (κ1) is 20.2. The molecule has 1 aromatic carbocycles. The summed E-state index contributed by atoms with van der Waals surface area (Å²) in [6, 6.07) is 4.41. The molecule has 1 amide bonds. The number of rotatable bonds is 6. The Balaban J connectivity index is 3.27. The summed E-state index contributed by atoms with van der Waals surface area (Å²) in [6.45, 7) is 1.47. The summed E-state index contributed by atoms with van der Waals surface area (Å²) in [7, 11) is 3.10. The Morgan fingerprint density at radius 1 is 1.29 bits per heavy atom. The normalized spacial score (nSPS) is 11.5. The third-order valence-corrected chi connectivity index (χ3v) is 4.39. The van der Waals surface area contributed by atoms with Crippen LogP contribution in [-0.4, -0.2) is 53.7 Å². The third kappa shape index (κ3) is 5.07. The predicted molar refractivity (Wildman–Crippen MR) is 91.2 cm³/mol. The number of hydrogen-bond acceptors (Lipinski definition) is 6. The molecular formula is C15H16BrNO6S. The molecule has 7 nitrogen and oxygen atoms in total. The number of thioether (sulfide) groups is 1. The molecule has 0 saturated carbocycles. The van der Waals surface area contributed by atoms with Gasteiger partial charge in [0, 0.05) is 29.0 Å². The topological polar surface area (TPSA) is 101 Å². The number of esters is 1. The molecule has 0 spiro atoms. The van der Waals surface area contributed by atoms with E-state index in [2.05, 4.69) is 20.7 Å². The van der Waals surface area contributed by atoms with E-state index in [-0.39, 0.29) is 22.3 Å². The molecule has 0 radical (unpaired) electrons. The number of carboxylic acids is 1. The lowest BCUT2D eigenvalue weighted by Gasteiger charge is -2.15. The van der Waals surface area contributed by atoms with Crippen LogP contribution >= 0.6 is 27.7 Å². The molecule has 0 heterocycles. The molecule has 1 unspecified atom stereocenters. The summed E-state index contributed by atoms with van der Waals surface area (Å²) in [6.07, 6.45) is 0. The van der Waals surface area contributed by atoms with Gasteiger partial charge in [0.1, 0.15) is 0 Å². The standard InChI is InChI=1S/C15H16BrNO6S/c1-4-23-14(21)11(13(19)20)12(18)9-6-5-8(16)7-10(9)24-15(22)17(2)3/h5-7,11H,4H2,1-3H3,(H,19,20). The van der Waals surface area contributed by atoms with Crippen LogP contribution < -0.4 is 0 Å². The van der Waals surface area contributed by atoms with E-state index in [1.165, 1.54) is 30.0 Å². The van der Waals surface area contributed by atoms with Gasteiger partial charge in [-0.3, -0.25) is 19.2 Å². The highest BCUT2D eigenvalue weighted by Gasteiger charge is 2.37. The van der Waals surface area contributed by atoms with Gasteiger partial charge in [-0.1, -0.05) is 15.9 Å². The Kier molecular flexibility index (Phi) is 7.43. The van der Waals surface area contributed by atoms with Crippen molar-refractivity contribution in [2.75, 3.05) is 20.7 Å². The minimum atomic E-state index is -1.97. The Morgan fingerprint density at radius 2 is 1.92 bits per heavy atom. The first-order valence-electron chi connectivity index (χ1n) is 6.81. The predicted octanol–water partition coefficient (Wildman–Crippen LogP) is 2.67. The fraction of sp³-hybridized carbons (Fsp3) is 0.333. The Labute approximate surface area is 151 Å². The van der Waals surface area contributed by atoms with Crippen molar-refractivity contribution in [3.8, 4) is 0 Å². The number of carbonyl (C=O) groups excluding carboxylic acids is 3. The Morgan fingerprint density at radius 3 is 2.42 bits per heavy atom. The lowest BCUT2D eigenvalue weighted by Crippen LogP contribution is -2.33. The summed E-state index contributed by atoms with van der Waals surface area (Å²) in [5.41, 5.74) is -0.0288. The Bertz CT molecular complexity index is 676. The van der Waals surface area contributed by atoms with E-state index in [0.717, 1.165) is 11.8 Å². The molecule has 0 aliphatic rings. The van der Waals surface area contributed by atoms with Crippen molar-refractivity contribution < 1.29 is 29.0 Å². The summed E-state index contributed by atoms with van der Waals surface area (Å²) in [4.78, 5) is 49.1. The van der Waals surface area contributed by atoms with Crippen molar-refractivity contribution in [1.29, 1.82) is 0 Å². The molecule has 0 aliphatic heterocycles. The molecule has 0 aromatic heterocycles. The van der Waals surface area contributed by atoms with Crippen LogP contribution in [0, 0.1) is 5.92 Å². The number of carboxylic acid groups (broad SMARTS) is 1. The average Bonchev–Trinajstić information content (AvgIpc) is 2.47. The van der Waals surface area contributed by atoms with Crippen molar-refractivity contribution in [3.05, 3.63) is 28.2 Å². The summed E-state index contributed by atoms with van der Waals surface area (Å²) in [5.74, 6) is -5.63. The van der Waals surface area contributed by atoms with E-state index in [1.54, 1.807) is 14.1 Å². The highest BCUT2D eigenvalue weighted by Crippen LogP contribution is 2.30. The second-order valence-corrected chi connectivity index (χ2v) is 6.70. The molecule has 1 atom stereocenters. The van der Waals surface area contributed by atoms with Gasteiger partial charge in [-0.05, 0) is 36.9 Å². The number of nitrogens with zero attached hydrogens (tertiary/aromatic N) is 1. The number of ether oxygens (including phenoxy) is 1. The zero-order valence-electron chi connectivity index (χ0n) is 13.2. The van der Waals surface area contributed by atoms with Crippen LogP contribution in [0.4, 0.5) is 4.79 Å². The quantitative estimate of drug-likeness (QED) is 0.328. The first-order chi connectivity index (χ1) is 11.2. The number of amides is 1. The van der Waals surface area contributed by atoms with Gasteiger partial charge in [0.15, 0.2) is 5.78 Å². The van der Waals surface area contributed by atoms with E-state index < -0.39 is 23.6 Å². The minimum absolute atomic E-state index is 0.0288. The molecule has 0 bridgehead atoms. The fourth-order valence-electron chi connectivity index (χ4n) is 1.67. The van der Waals surface area contributed by atoms with Crippen LogP contribution in [0.2, 0.25) is 0 Å². The van der Waals surface area contributed by atoms with Crippen LogP contribution in [0.3, 0.4) is 0 Å². The van der Waals surface area contributed by atoms with Gasteiger partial charge in [-0.15, -0.1) is 0 Å². The van der Waals surface area contributed by atoms with Gasteiger partial charge < -0.3 is 14.7 Å². The molecule has 0 saturated heterocycles. The average molecular weight is 418 g/mol. The maximum absolute atomic E-state index is 12.6. The van der Waals surface area contributed by atoms with E-state index in [4.69, 9.17) is 0 Å². The largest absolute Gasteiger partial charge is 0.480 e. The highest BCUT2D eigenvalue weighted by atomic mass is 79.9. The van der Waals surface area contributed by atoms with Crippen LogP contribution in [0.5, 0.6) is 0 Å². The molecule has 9 heteroatoms. The van der Waals surface area contributed by atoms with Crippen molar-refractivity contribution in [2.24, 2.45) is 5.92 Å². The second kappa shape index (κ2) is 8.84. The number of benzene rings is 1. The summed E-state index contributed by atoms with van der Waals surface area (Å²) in [5, 5.41) is 8.86. The van der Waals surface area contributed by atoms with Crippen LogP contribution in [-0.2, 0) is 14.3 Å². The van der Waals surface area contributed by atoms with Gasteiger partial charge in [0.05, 0.1) is 6.61 Å². The molecule has 24 heavy (non-hydrogen) atoms. The van der Waals surface area contributed by atoms with Crippen LogP contribution in [0.15, 0.2) is 27.6 Å². The van der Waals surface area contributed by atoms with Crippen molar-refractivity contribution in [3.63, 3.8) is 0 Å². The van der Waals surface area contributed by atoms with Crippen LogP contribution in [0.1, 0.15) is 17.3 Å². The zero-order chi connectivity index (χ0) is 18.4. The fourth-order valence-corrected chi connectivity index (χ4v) is 3.02. The monoisotopic (exact) mass is 417 g/mol. The zero-order valence-corrected chi connectivity index (χ0v) is 15.6. The molecule has 1 rings (SSSR count). The molecule has 130 valence electrons. The van der Waals surface area contributed by atoms with Crippen molar-refractivity contribution >= 4 is 50.7 Å². The number of ketones is 1. The summed E-state index contributed by atoms with van der Waals surface area (Å²) >= 11 is 4.00. The highest BCUT2D eigenvalue weighted by molar-refractivity contribution is 9.10. The van der Waals surface area contributed by atoms with Crippen molar-refractivity contribution in [1.82, 2.24) is 4.90 Å². The molecule has 1 N–H and O–H groups in total. The van der Waals surface area contributed by atoms with E-state index in [1.807, 2.05) is 0 Å². The van der Waals surface area contributed by atoms with Gasteiger partial charge in [-0.2, -0.15) is 0 Å². The maximum atomic E-state index is 12.6. The number of aliphatic carboxylic acids is 1. The van der Waals surface area contributed by atoms with Gasteiger partial charge in [0.25, 0.3) is 5.24 Å². The lowest BCUT2D eigenvalue weighted by atomic mass is 9.98. The lowest BCUT2D eigenvalue weighted by molar-refractivity contribution is -0.155. The van der Waals surface area contributed by atoms with Gasteiger partial charge in [0.2, 0.25) is 5.92 Å². The molecule has 0 aliphatic carbocycles. The van der Waals surface area contributed by atoms with E-state index in [9.17, 15) is 24.3 Å². The SMILES string of the molecule is CCOC(=O)C(C(=O)O)C(=O)c1ccc(Br)cc1SC(=O)N(C)C. The van der Waals surface area contributed by atoms with E-state index >= 15 is 0 Å². The number of Topliss-reactive ketones (excluding diaryl/α,β-unsaturated/α-hetero) is 1. The number of carbonyl (C=O) groups is 4. The third-order valence-electron chi connectivity index (χ3n) is 2.80. The first-order valence-corrected chi connectivity index (χ1v) is 8.42. The summed E-state index contributed by atoms with van der Waals surface area (Å²) < 4.78 is 5.27. The maximum Gasteiger partial charge on any atom is 0.328 e. The number of hydrogen-bond donors (Lipinski definition) is 1. The van der Waals surface area contributed by atoms with E-state index in [0.29, 0.717) is 4.47 Å². The number of halogens is 1. The smallest absolute Gasteiger partial charge is 0.328 e. The molecular weight excluding hydrogens is 402 g/mol. The second-order valence-electron chi connectivity index (χ2n) is 4.79. The van der Waals surface area contributed by atoms with Crippen molar-refractivity contribution in [2.45, 2.75) is 11.8 Å². The van der Waals surface area contributed by atoms with Crippen LogP contribution in [0.25, 0.3) is 0 Å². The van der Waals surface area contributed by atoms with Gasteiger partial charge >= 0.3 is 11.9 Å².